The summed E-state index contributed by atoms with van der Waals surface area (Å²) in [6.45, 7) is 0. The second kappa shape index (κ2) is 22.4. The maximum Gasteiger partial charge on any atom is 4.00 e. The van der Waals surface area contributed by atoms with E-state index >= 15 is 0 Å². The van der Waals surface area contributed by atoms with Crippen molar-refractivity contribution < 1.29 is 49.8 Å². The Labute approximate surface area is 79.0 Å². The molecular formula is H6N2O6P2Pt+2. The molecule has 0 radical (unpaired) electrons. The zero-order valence-corrected chi connectivity index (χ0v) is 9.14. The molecule has 0 rings (SSSR count). The van der Waals surface area contributed by atoms with E-state index < -0.39 is 16.5 Å². The average molecular weight is 387 g/mol. The van der Waals surface area contributed by atoms with E-state index in [0.717, 1.165) is 0 Å². The molecule has 0 unspecified atom stereocenters. The first-order valence-corrected chi connectivity index (χ1v) is 3.29. The molecule has 0 saturated carbocycles. The Hall–Kier alpha value is 0.648. The summed E-state index contributed by atoms with van der Waals surface area (Å²) in [5, 5.41) is 0. The maximum atomic E-state index is 8.48. The van der Waals surface area contributed by atoms with Crippen molar-refractivity contribution in [3.05, 3.63) is 0 Å². The third-order valence-electron chi connectivity index (χ3n) is 0. The summed E-state index contributed by atoms with van der Waals surface area (Å²) in [5.41, 5.74) is 0. The van der Waals surface area contributed by atoms with Gasteiger partial charge in [-0.1, -0.05) is 9.13 Å². The summed E-state index contributed by atoms with van der Waals surface area (Å²) in [5.74, 6) is 0. The first kappa shape index (κ1) is 29.9. The van der Waals surface area contributed by atoms with Crippen LogP contribution in [-0.4, -0.2) is 0 Å². The Morgan fingerprint density at radius 2 is 0.727 bits per heavy atom. The zero-order valence-electron chi connectivity index (χ0n) is 5.07. The minimum Gasteiger partial charge on any atom is -0.598 e. The molecule has 11 heteroatoms. The largest absolute Gasteiger partial charge is 4.00 e. The van der Waals surface area contributed by atoms with Gasteiger partial charge in [-0.2, -0.15) is 0 Å². The molecule has 6 N–H and O–H groups in total. The Kier molecular flexibility index (Phi) is 60.9. The molecule has 0 fully saturated rings. The predicted molar refractivity (Wildman–Crippen MR) is 25.3 cm³/mol. The second-order valence-corrected chi connectivity index (χ2v) is 1.34. The van der Waals surface area contributed by atoms with E-state index in [1.807, 2.05) is 0 Å². The van der Waals surface area contributed by atoms with Crippen molar-refractivity contribution in [2.24, 2.45) is 0 Å². The maximum absolute atomic E-state index is 8.48. The zero-order chi connectivity index (χ0) is 7.15. The van der Waals surface area contributed by atoms with Gasteiger partial charge in [0.05, 0.1) is 0 Å². The van der Waals surface area contributed by atoms with E-state index in [1.54, 1.807) is 0 Å². The van der Waals surface area contributed by atoms with Gasteiger partial charge in [0.2, 0.25) is 0 Å². The van der Waals surface area contributed by atoms with Crippen LogP contribution in [0.5, 0.6) is 0 Å². The molecule has 0 spiro atoms. The van der Waals surface area contributed by atoms with Crippen molar-refractivity contribution in [3.8, 4) is 0 Å². The van der Waals surface area contributed by atoms with Crippen molar-refractivity contribution in [2.75, 3.05) is 0 Å². The monoisotopic (exact) mass is 387 g/mol. The van der Waals surface area contributed by atoms with Gasteiger partial charge >= 0.3 is 21.1 Å². The van der Waals surface area contributed by atoms with Crippen LogP contribution in [0.15, 0.2) is 0 Å². The quantitative estimate of drug-likeness (QED) is 0.411. The van der Waals surface area contributed by atoms with Crippen molar-refractivity contribution in [2.45, 2.75) is 0 Å². The molecule has 0 aliphatic carbocycles. The third-order valence-corrected chi connectivity index (χ3v) is 0. The first-order chi connectivity index (χ1) is 3.46. The summed E-state index contributed by atoms with van der Waals surface area (Å²) >= 11 is 0. The van der Waals surface area contributed by atoms with Crippen LogP contribution in [0.4, 0.5) is 0 Å². The molecule has 0 heterocycles. The topological polar surface area (TPSA) is 196 Å². The van der Waals surface area contributed by atoms with Crippen molar-refractivity contribution >= 4 is 16.5 Å². The third kappa shape index (κ3) is 1890. The molecule has 0 aromatic carbocycles. The predicted octanol–water partition coefficient (Wildman–Crippen LogP) is -2.95. The van der Waals surface area contributed by atoms with Crippen LogP contribution >= 0.6 is 16.5 Å². The normalized spacial score (nSPS) is 4.73. The van der Waals surface area contributed by atoms with Crippen LogP contribution in [0, 0.1) is 0 Å². The Morgan fingerprint density at radius 1 is 0.727 bits per heavy atom. The Morgan fingerprint density at radius 3 is 0.727 bits per heavy atom. The fourth-order valence-electron chi connectivity index (χ4n) is 0. The van der Waals surface area contributed by atoms with Gasteiger partial charge in [0, 0.05) is 0 Å². The SMILES string of the molecule is N.N.O=[P+]([O-])[O-].O=[P+]([O-])[O-].[Pt+4]. The van der Waals surface area contributed by atoms with E-state index in [0.29, 0.717) is 0 Å². The molecule has 0 amide bonds. The summed E-state index contributed by atoms with van der Waals surface area (Å²) in [4.78, 5) is 33.9. The molecule has 11 heavy (non-hydrogen) atoms. The fourth-order valence-corrected chi connectivity index (χ4v) is 0. The average Bonchev–Trinajstić information content (AvgIpc) is 1.25. The van der Waals surface area contributed by atoms with Gasteiger partial charge < -0.3 is 31.9 Å². The smallest absolute Gasteiger partial charge is 0.598 e. The molecule has 0 aliphatic rings. The molecule has 8 nitrogen and oxygen atoms in total. The molecule has 0 saturated heterocycles. The van der Waals surface area contributed by atoms with Crippen LogP contribution in [0.25, 0.3) is 0 Å². The number of rotatable bonds is 0. The van der Waals surface area contributed by atoms with Crippen LogP contribution in [-0.2, 0) is 30.2 Å². The molecule has 0 atom stereocenters. The molecule has 70 valence electrons. The van der Waals surface area contributed by atoms with Gasteiger partial charge in [-0.3, -0.25) is 0 Å². The van der Waals surface area contributed by atoms with E-state index in [-0.39, 0.29) is 33.4 Å². The van der Waals surface area contributed by atoms with Gasteiger partial charge in [0.25, 0.3) is 16.5 Å². The summed E-state index contributed by atoms with van der Waals surface area (Å²) in [6.07, 6.45) is 0. The van der Waals surface area contributed by atoms with Crippen molar-refractivity contribution in [1.82, 2.24) is 12.3 Å². The number of hydrogen-bond donors (Lipinski definition) is 2. The van der Waals surface area contributed by atoms with Crippen LogP contribution < -0.4 is 31.9 Å². The molecule has 0 aromatic rings. The van der Waals surface area contributed by atoms with Gasteiger partial charge in [-0.05, 0) is 0 Å². The first-order valence-electron chi connectivity index (χ1n) is 1.10. The number of hydrogen-bond acceptors (Lipinski definition) is 8. The molecule has 0 aromatic heterocycles. The molecule has 0 bridgehead atoms. The van der Waals surface area contributed by atoms with Crippen LogP contribution in [0.1, 0.15) is 0 Å². The van der Waals surface area contributed by atoms with Gasteiger partial charge in [0.1, 0.15) is 0 Å². The van der Waals surface area contributed by atoms with Crippen LogP contribution in [0.2, 0.25) is 0 Å². The van der Waals surface area contributed by atoms with E-state index in [1.165, 1.54) is 0 Å². The summed E-state index contributed by atoms with van der Waals surface area (Å²) < 4.78 is 17.0. The minimum atomic E-state index is -3.37. The Bertz CT molecular complexity index is 76.6. The van der Waals surface area contributed by atoms with Crippen LogP contribution in [0.3, 0.4) is 0 Å². The molecule has 0 aliphatic heterocycles. The second-order valence-electron chi connectivity index (χ2n) is 0.447. The fraction of sp³-hybridized carbons (Fsp3) is 0. The summed E-state index contributed by atoms with van der Waals surface area (Å²) in [6, 6.07) is 0. The van der Waals surface area contributed by atoms with Gasteiger partial charge in [-0.25, -0.2) is 0 Å². The van der Waals surface area contributed by atoms with E-state index in [2.05, 4.69) is 0 Å². The van der Waals surface area contributed by atoms with Gasteiger partial charge in [0.15, 0.2) is 0 Å². The standard InChI is InChI=1S/2H3N.2HO3P.Pt/c;;2*1-4(2)3;/h2*1H3;2*(H,1,2,3);/q;;;;+4/p-2. The van der Waals surface area contributed by atoms with Crippen molar-refractivity contribution in [3.63, 3.8) is 0 Å². The molecular weight excluding hydrogens is 381 g/mol. The minimum absolute atomic E-state index is 0. The Balaban J connectivity index is -0.0000000171. The van der Waals surface area contributed by atoms with E-state index in [4.69, 9.17) is 28.7 Å². The van der Waals surface area contributed by atoms with Gasteiger partial charge in [-0.15, -0.1) is 0 Å². The van der Waals surface area contributed by atoms with E-state index in [9.17, 15) is 0 Å². The summed E-state index contributed by atoms with van der Waals surface area (Å²) in [7, 11) is -6.74. The van der Waals surface area contributed by atoms with Crippen molar-refractivity contribution in [1.29, 1.82) is 0 Å².